The van der Waals surface area contributed by atoms with Crippen LogP contribution in [-0.4, -0.2) is 30.2 Å². The monoisotopic (exact) mass is 355 g/mol. The van der Waals surface area contributed by atoms with E-state index >= 15 is 0 Å². The van der Waals surface area contributed by atoms with Gasteiger partial charge < -0.3 is 5.11 Å². The number of aromatic hydroxyl groups is 1. The maximum absolute atomic E-state index is 11.6. The number of phenols is 1. The third-order valence-electron chi connectivity index (χ3n) is 5.13. The van der Waals surface area contributed by atoms with Crippen LogP contribution < -0.4 is 16.0 Å². The van der Waals surface area contributed by atoms with Crippen LogP contribution in [0.2, 0.25) is 0 Å². The second-order valence-corrected chi connectivity index (χ2v) is 8.18. The van der Waals surface area contributed by atoms with Crippen molar-refractivity contribution in [3.05, 3.63) is 17.7 Å². The molecule has 1 saturated heterocycles. The summed E-state index contributed by atoms with van der Waals surface area (Å²) >= 11 is 0. The first-order chi connectivity index (χ1) is 11.3. The van der Waals surface area contributed by atoms with Crippen LogP contribution in [-0.2, 0) is 10.1 Å². The minimum Gasteiger partial charge on any atom is -0.505 e. The van der Waals surface area contributed by atoms with Gasteiger partial charge in [-0.15, -0.1) is 0 Å². The van der Waals surface area contributed by atoms with Crippen molar-refractivity contribution >= 4 is 15.8 Å². The van der Waals surface area contributed by atoms with E-state index in [-0.39, 0.29) is 28.6 Å². The van der Waals surface area contributed by atoms with Crippen LogP contribution in [0.25, 0.3) is 0 Å². The van der Waals surface area contributed by atoms with Crippen molar-refractivity contribution in [1.29, 1.82) is 0 Å². The first-order valence-corrected chi connectivity index (χ1v) is 9.92. The summed E-state index contributed by atoms with van der Waals surface area (Å²) in [6.07, 6.45) is 5.11. The van der Waals surface area contributed by atoms with E-state index in [1.807, 2.05) is 13.8 Å². The second kappa shape index (κ2) is 6.51. The summed E-state index contributed by atoms with van der Waals surface area (Å²) < 4.78 is 32.7. The van der Waals surface area contributed by atoms with E-state index in [0.717, 1.165) is 32.1 Å². The van der Waals surface area contributed by atoms with Crippen LogP contribution in [0.1, 0.15) is 57.4 Å². The molecular weight excluding hydrogens is 330 g/mol. The molecule has 1 aliphatic carbocycles. The van der Waals surface area contributed by atoms with Crippen molar-refractivity contribution in [1.82, 2.24) is 10.9 Å². The molecule has 0 aromatic heterocycles. The molecule has 1 aromatic carbocycles. The second-order valence-electron chi connectivity index (χ2n) is 6.76. The average Bonchev–Trinajstić information content (AvgIpc) is 2.97. The Morgan fingerprint density at radius 2 is 1.83 bits per heavy atom. The maximum Gasteiger partial charge on any atom is 0.294 e. The van der Waals surface area contributed by atoms with E-state index in [2.05, 4.69) is 10.9 Å². The normalized spacial score (nSPS) is 25.5. The standard InChI is InChI=1S/C16H25N3O4S/c1-3-10(2)12-8-11(24(21,22)23)9-15(16(12)20)19-17-13-6-4-5-7-14(13)18-19/h8-10,13-14,17-18,20H,3-7H2,1-2H3,(H,21,22,23). The van der Waals surface area contributed by atoms with Crippen LogP contribution in [0.4, 0.5) is 5.69 Å². The van der Waals surface area contributed by atoms with Gasteiger partial charge in [-0.25, -0.2) is 16.0 Å². The van der Waals surface area contributed by atoms with Gasteiger partial charge in [-0.1, -0.05) is 26.7 Å². The van der Waals surface area contributed by atoms with E-state index in [0.29, 0.717) is 11.3 Å². The number of anilines is 1. The van der Waals surface area contributed by atoms with Crippen molar-refractivity contribution in [3.8, 4) is 5.75 Å². The summed E-state index contributed by atoms with van der Waals surface area (Å²) in [5.74, 6) is 0.00530. The molecule has 0 amide bonds. The molecule has 1 saturated carbocycles. The third-order valence-corrected chi connectivity index (χ3v) is 5.96. The quantitative estimate of drug-likeness (QED) is 0.615. The number of hydrogen-bond acceptors (Lipinski definition) is 6. The van der Waals surface area contributed by atoms with Crippen LogP contribution in [0, 0.1) is 0 Å². The molecule has 3 unspecified atom stereocenters. The highest BCUT2D eigenvalue weighted by Gasteiger charge is 2.35. The number of benzene rings is 1. The largest absolute Gasteiger partial charge is 0.505 e. The van der Waals surface area contributed by atoms with Gasteiger partial charge in [-0.05, 0) is 37.3 Å². The molecule has 8 heteroatoms. The molecule has 0 spiro atoms. The molecule has 2 aliphatic rings. The Bertz CT molecular complexity index is 708. The Hall–Kier alpha value is -1.35. The lowest BCUT2D eigenvalue weighted by molar-refractivity contribution is 0.374. The SMILES string of the molecule is CCC(C)c1cc(S(=O)(=O)O)cc(N2NC3CCCCC3N2)c1O. The predicted molar refractivity (Wildman–Crippen MR) is 91.4 cm³/mol. The van der Waals surface area contributed by atoms with E-state index in [1.54, 1.807) is 5.12 Å². The molecule has 1 heterocycles. The van der Waals surface area contributed by atoms with Crippen molar-refractivity contribution < 1.29 is 18.1 Å². The van der Waals surface area contributed by atoms with Gasteiger partial charge in [0.2, 0.25) is 0 Å². The number of nitrogens with one attached hydrogen (secondary N) is 2. The Labute approximate surface area is 142 Å². The van der Waals surface area contributed by atoms with E-state index in [4.69, 9.17) is 0 Å². The zero-order chi connectivity index (χ0) is 17.5. The topological polar surface area (TPSA) is 102 Å². The number of rotatable bonds is 4. The van der Waals surface area contributed by atoms with Gasteiger partial charge in [0.15, 0.2) is 0 Å². The van der Waals surface area contributed by atoms with Crippen molar-refractivity contribution in [3.63, 3.8) is 0 Å². The van der Waals surface area contributed by atoms with E-state index in [9.17, 15) is 18.1 Å². The number of hydrazine groups is 2. The predicted octanol–water partition coefficient (Wildman–Crippen LogP) is 2.29. The first-order valence-electron chi connectivity index (χ1n) is 8.48. The van der Waals surface area contributed by atoms with Crippen molar-refractivity contribution in [2.24, 2.45) is 0 Å². The van der Waals surface area contributed by atoms with Crippen LogP contribution in [0.5, 0.6) is 5.75 Å². The Morgan fingerprint density at radius 1 is 1.25 bits per heavy atom. The van der Waals surface area contributed by atoms with Crippen LogP contribution in [0.15, 0.2) is 17.0 Å². The third kappa shape index (κ3) is 3.23. The molecule has 1 aliphatic heterocycles. The number of hydrogen-bond donors (Lipinski definition) is 4. The lowest BCUT2D eigenvalue weighted by Crippen LogP contribution is -2.40. The Balaban J connectivity index is 2.03. The van der Waals surface area contributed by atoms with Gasteiger partial charge in [0.1, 0.15) is 11.4 Å². The molecule has 24 heavy (non-hydrogen) atoms. The minimum absolute atomic E-state index is 0.0321. The lowest BCUT2D eigenvalue weighted by Gasteiger charge is -2.23. The molecule has 0 bridgehead atoms. The van der Waals surface area contributed by atoms with Crippen LogP contribution >= 0.6 is 0 Å². The molecule has 7 nitrogen and oxygen atoms in total. The first kappa shape index (κ1) is 17.5. The summed E-state index contributed by atoms with van der Waals surface area (Å²) in [5.41, 5.74) is 7.44. The molecule has 4 N–H and O–H groups in total. The summed E-state index contributed by atoms with van der Waals surface area (Å²) in [5, 5.41) is 12.3. The fourth-order valence-corrected chi connectivity index (χ4v) is 4.01. The molecule has 1 aromatic rings. The summed E-state index contributed by atoms with van der Waals surface area (Å²) in [4.78, 5) is -0.205. The zero-order valence-electron chi connectivity index (χ0n) is 14.0. The number of phenolic OH excluding ortho intramolecular Hbond substituents is 1. The molecule has 3 atom stereocenters. The highest BCUT2D eigenvalue weighted by atomic mass is 32.2. The van der Waals surface area contributed by atoms with Gasteiger partial charge in [0.25, 0.3) is 10.1 Å². The minimum atomic E-state index is -4.36. The molecule has 134 valence electrons. The fraction of sp³-hybridized carbons (Fsp3) is 0.625. The molecule has 0 radical (unpaired) electrons. The highest BCUT2D eigenvalue weighted by molar-refractivity contribution is 7.85. The molecule has 3 rings (SSSR count). The van der Waals surface area contributed by atoms with Crippen molar-refractivity contribution in [2.75, 3.05) is 5.12 Å². The smallest absolute Gasteiger partial charge is 0.294 e. The van der Waals surface area contributed by atoms with Gasteiger partial charge in [0, 0.05) is 17.6 Å². The number of nitrogens with zero attached hydrogens (tertiary/aromatic N) is 1. The Kier molecular flexibility index (Phi) is 4.74. The van der Waals surface area contributed by atoms with Gasteiger partial charge >= 0.3 is 0 Å². The van der Waals surface area contributed by atoms with Crippen LogP contribution in [0.3, 0.4) is 0 Å². The van der Waals surface area contributed by atoms with Gasteiger partial charge in [-0.3, -0.25) is 4.55 Å². The van der Waals surface area contributed by atoms with Crippen molar-refractivity contribution in [2.45, 2.75) is 68.8 Å². The zero-order valence-corrected chi connectivity index (χ0v) is 14.8. The van der Waals surface area contributed by atoms with Gasteiger partial charge in [-0.2, -0.15) is 8.42 Å². The fourth-order valence-electron chi connectivity index (χ4n) is 3.48. The summed E-state index contributed by atoms with van der Waals surface area (Å²) in [7, 11) is -4.36. The van der Waals surface area contributed by atoms with Gasteiger partial charge in [0.05, 0.1) is 4.90 Å². The maximum atomic E-state index is 11.6. The average molecular weight is 355 g/mol. The summed E-state index contributed by atoms with van der Waals surface area (Å²) in [6, 6.07) is 3.18. The highest BCUT2D eigenvalue weighted by Crippen LogP contribution is 2.39. The summed E-state index contributed by atoms with van der Waals surface area (Å²) in [6.45, 7) is 3.88. The van der Waals surface area contributed by atoms with E-state index in [1.165, 1.54) is 12.1 Å². The molecule has 2 fully saturated rings. The number of fused-ring (bicyclic) bond motifs is 1. The van der Waals surface area contributed by atoms with E-state index < -0.39 is 10.1 Å². The lowest BCUT2D eigenvalue weighted by atomic mass is 9.92. The Morgan fingerprint density at radius 3 is 2.33 bits per heavy atom. The molecular formula is C16H25N3O4S.